The number of hydrogen-bond acceptors (Lipinski definition) is 5. The highest BCUT2D eigenvalue weighted by Gasteiger charge is 2.16. The monoisotopic (exact) mass is 402 g/mol. The number of ether oxygens (including phenoxy) is 2. The Morgan fingerprint density at radius 2 is 1.90 bits per heavy atom. The van der Waals surface area contributed by atoms with Crippen LogP contribution < -0.4 is 14.8 Å². The summed E-state index contributed by atoms with van der Waals surface area (Å²) in [7, 11) is 3.12. The molecule has 0 radical (unpaired) electrons. The number of aromatic nitrogens is 2. The van der Waals surface area contributed by atoms with E-state index in [1.54, 1.807) is 32.5 Å². The van der Waals surface area contributed by atoms with E-state index < -0.39 is 5.91 Å². The second-order valence-corrected chi connectivity index (χ2v) is 6.55. The number of benzene rings is 2. The van der Waals surface area contributed by atoms with Gasteiger partial charge in [0.15, 0.2) is 11.5 Å². The van der Waals surface area contributed by atoms with Gasteiger partial charge in [0, 0.05) is 11.1 Å². The SMILES string of the molecule is COc1ccc(-c2[nH]ncc2/C=C(\C#N)C(=O)NC(C)c2ccccc2)cc1OC. The number of nitriles is 1. The second-order valence-electron chi connectivity index (χ2n) is 6.55. The van der Waals surface area contributed by atoms with Gasteiger partial charge in [-0.2, -0.15) is 10.4 Å². The third kappa shape index (κ3) is 4.50. The molecule has 0 bridgehead atoms. The minimum absolute atomic E-state index is 0.0130. The third-order valence-electron chi connectivity index (χ3n) is 4.65. The second kappa shape index (κ2) is 9.43. The van der Waals surface area contributed by atoms with Crippen molar-refractivity contribution in [3.05, 3.63) is 71.4 Å². The molecule has 3 aromatic rings. The molecule has 0 saturated heterocycles. The lowest BCUT2D eigenvalue weighted by molar-refractivity contribution is -0.117. The third-order valence-corrected chi connectivity index (χ3v) is 4.65. The van der Waals surface area contributed by atoms with Crippen LogP contribution in [0.1, 0.15) is 24.1 Å². The Morgan fingerprint density at radius 3 is 2.57 bits per heavy atom. The van der Waals surface area contributed by atoms with Gasteiger partial charge in [-0.25, -0.2) is 0 Å². The molecule has 0 aliphatic carbocycles. The van der Waals surface area contributed by atoms with E-state index in [-0.39, 0.29) is 11.6 Å². The highest BCUT2D eigenvalue weighted by molar-refractivity contribution is 6.02. The molecule has 2 N–H and O–H groups in total. The van der Waals surface area contributed by atoms with Gasteiger partial charge in [0.05, 0.1) is 32.2 Å². The molecule has 0 aliphatic heterocycles. The summed E-state index contributed by atoms with van der Waals surface area (Å²) < 4.78 is 10.6. The van der Waals surface area contributed by atoms with E-state index in [4.69, 9.17) is 9.47 Å². The van der Waals surface area contributed by atoms with Gasteiger partial charge in [-0.3, -0.25) is 9.89 Å². The quantitative estimate of drug-likeness (QED) is 0.461. The van der Waals surface area contributed by atoms with Gasteiger partial charge in [0.1, 0.15) is 11.6 Å². The summed E-state index contributed by atoms with van der Waals surface area (Å²) in [5.74, 6) is 0.715. The summed E-state index contributed by atoms with van der Waals surface area (Å²) >= 11 is 0. The van der Waals surface area contributed by atoms with Crippen molar-refractivity contribution >= 4 is 12.0 Å². The van der Waals surface area contributed by atoms with Gasteiger partial charge in [-0.15, -0.1) is 0 Å². The van der Waals surface area contributed by atoms with Crippen LogP contribution in [0.2, 0.25) is 0 Å². The Hall–Kier alpha value is -4.05. The number of amides is 1. The maximum absolute atomic E-state index is 12.6. The number of carbonyl (C=O) groups is 1. The summed E-state index contributed by atoms with van der Waals surface area (Å²) in [4.78, 5) is 12.6. The number of nitrogens with one attached hydrogen (secondary N) is 2. The predicted octanol–water partition coefficient (Wildman–Crippen LogP) is 3.88. The van der Waals surface area contributed by atoms with Crippen LogP contribution in [0.4, 0.5) is 0 Å². The molecule has 0 fully saturated rings. The van der Waals surface area contributed by atoms with Crippen molar-refractivity contribution in [1.29, 1.82) is 5.26 Å². The molecule has 7 heteroatoms. The highest BCUT2D eigenvalue weighted by atomic mass is 16.5. The van der Waals surface area contributed by atoms with E-state index in [0.29, 0.717) is 22.8 Å². The van der Waals surface area contributed by atoms with E-state index in [1.807, 2.05) is 49.4 Å². The summed E-state index contributed by atoms with van der Waals surface area (Å²) in [5, 5.41) is 19.4. The maximum atomic E-state index is 12.6. The molecular weight excluding hydrogens is 380 g/mol. The molecular formula is C23H22N4O3. The molecule has 2 aromatic carbocycles. The van der Waals surface area contributed by atoms with Crippen LogP contribution in [0.5, 0.6) is 11.5 Å². The maximum Gasteiger partial charge on any atom is 0.262 e. The first-order chi connectivity index (χ1) is 14.6. The van der Waals surface area contributed by atoms with Gasteiger partial charge in [-0.1, -0.05) is 30.3 Å². The first kappa shape index (κ1) is 20.7. The number of aromatic amines is 1. The van der Waals surface area contributed by atoms with Crippen molar-refractivity contribution in [2.45, 2.75) is 13.0 Å². The van der Waals surface area contributed by atoms with Crippen LogP contribution >= 0.6 is 0 Å². The molecule has 1 unspecified atom stereocenters. The fourth-order valence-corrected chi connectivity index (χ4v) is 3.03. The van der Waals surface area contributed by atoms with Crippen LogP contribution in [0.25, 0.3) is 17.3 Å². The first-order valence-electron chi connectivity index (χ1n) is 9.30. The van der Waals surface area contributed by atoms with Crippen molar-refractivity contribution in [2.75, 3.05) is 14.2 Å². The van der Waals surface area contributed by atoms with E-state index in [9.17, 15) is 10.1 Å². The number of rotatable bonds is 7. The standard InChI is InChI=1S/C23H22N4O3/c1-15(16-7-5-4-6-8-16)26-23(28)18(13-24)11-19-14-25-27-22(19)17-9-10-20(29-2)21(12-17)30-3/h4-12,14-15H,1-3H3,(H,25,27)(H,26,28)/b18-11+. The van der Waals surface area contributed by atoms with Crippen molar-refractivity contribution in [2.24, 2.45) is 0 Å². The van der Waals surface area contributed by atoms with E-state index in [0.717, 1.165) is 11.1 Å². The van der Waals surface area contributed by atoms with Crippen molar-refractivity contribution < 1.29 is 14.3 Å². The Labute approximate surface area is 175 Å². The molecule has 1 heterocycles. The minimum atomic E-state index is -0.451. The summed E-state index contributed by atoms with van der Waals surface area (Å²) in [6.45, 7) is 1.87. The fourth-order valence-electron chi connectivity index (χ4n) is 3.03. The summed E-state index contributed by atoms with van der Waals surface area (Å²) in [5.41, 5.74) is 3.00. The van der Waals surface area contributed by atoms with Gasteiger partial charge < -0.3 is 14.8 Å². The van der Waals surface area contributed by atoms with Crippen LogP contribution in [0.3, 0.4) is 0 Å². The van der Waals surface area contributed by atoms with Gasteiger partial charge in [-0.05, 0) is 36.8 Å². The number of carbonyl (C=O) groups excluding carboxylic acids is 1. The van der Waals surface area contributed by atoms with Crippen LogP contribution in [-0.4, -0.2) is 30.3 Å². The van der Waals surface area contributed by atoms with Gasteiger partial charge in [0.2, 0.25) is 0 Å². The Balaban J connectivity index is 1.87. The number of H-pyrrole nitrogens is 1. The molecule has 1 aromatic heterocycles. The van der Waals surface area contributed by atoms with Gasteiger partial charge >= 0.3 is 0 Å². The number of nitrogens with zero attached hydrogens (tertiary/aromatic N) is 2. The Bertz CT molecular complexity index is 1100. The normalized spacial score (nSPS) is 12.0. The molecule has 0 spiro atoms. The molecule has 1 atom stereocenters. The predicted molar refractivity (Wildman–Crippen MR) is 114 cm³/mol. The van der Waals surface area contributed by atoms with Crippen molar-refractivity contribution in [3.63, 3.8) is 0 Å². The lowest BCUT2D eigenvalue weighted by Gasteiger charge is -2.13. The van der Waals surface area contributed by atoms with E-state index in [1.165, 1.54) is 6.08 Å². The zero-order valence-corrected chi connectivity index (χ0v) is 17.0. The average Bonchev–Trinajstić information content (AvgIpc) is 3.25. The topological polar surface area (TPSA) is 100 Å². The van der Waals surface area contributed by atoms with Crippen LogP contribution in [-0.2, 0) is 4.79 Å². The van der Waals surface area contributed by atoms with Crippen LogP contribution in [0.15, 0.2) is 60.3 Å². The first-order valence-corrected chi connectivity index (χ1v) is 9.30. The van der Waals surface area contributed by atoms with Crippen molar-refractivity contribution in [3.8, 4) is 28.8 Å². The summed E-state index contributed by atoms with van der Waals surface area (Å²) in [6.07, 6.45) is 3.08. The Kier molecular flexibility index (Phi) is 6.50. The lowest BCUT2D eigenvalue weighted by Crippen LogP contribution is -2.27. The Morgan fingerprint density at radius 1 is 1.17 bits per heavy atom. The molecule has 7 nitrogen and oxygen atoms in total. The largest absolute Gasteiger partial charge is 0.493 e. The van der Waals surface area contributed by atoms with E-state index >= 15 is 0 Å². The lowest BCUT2D eigenvalue weighted by atomic mass is 10.0. The van der Waals surface area contributed by atoms with E-state index in [2.05, 4.69) is 15.5 Å². The van der Waals surface area contributed by atoms with Crippen LogP contribution in [0, 0.1) is 11.3 Å². The number of methoxy groups -OCH3 is 2. The highest BCUT2D eigenvalue weighted by Crippen LogP contribution is 2.33. The zero-order chi connectivity index (χ0) is 21.5. The summed E-state index contributed by atoms with van der Waals surface area (Å²) in [6, 6.07) is 16.7. The fraction of sp³-hybridized carbons (Fsp3) is 0.174. The molecule has 1 amide bonds. The smallest absolute Gasteiger partial charge is 0.262 e. The molecule has 30 heavy (non-hydrogen) atoms. The molecule has 0 aliphatic rings. The molecule has 3 rings (SSSR count). The molecule has 0 saturated carbocycles. The van der Waals surface area contributed by atoms with Gasteiger partial charge in [0.25, 0.3) is 5.91 Å². The van der Waals surface area contributed by atoms with Crippen molar-refractivity contribution in [1.82, 2.24) is 15.5 Å². The number of hydrogen-bond donors (Lipinski definition) is 2. The average molecular weight is 402 g/mol. The zero-order valence-electron chi connectivity index (χ0n) is 17.0. The molecule has 152 valence electrons. The minimum Gasteiger partial charge on any atom is -0.493 e.